The third-order valence-electron chi connectivity index (χ3n) is 3.40. The molecule has 0 fully saturated rings. The molecule has 3 aromatic rings. The lowest BCUT2D eigenvalue weighted by Crippen LogP contribution is -2.09. The van der Waals surface area contributed by atoms with Gasteiger partial charge in [0, 0.05) is 30.7 Å². The molecule has 2 aromatic heterocycles. The van der Waals surface area contributed by atoms with Crippen LogP contribution in [-0.2, 0) is 6.54 Å². The van der Waals surface area contributed by atoms with Gasteiger partial charge in [0.15, 0.2) is 0 Å². The van der Waals surface area contributed by atoms with E-state index in [0.29, 0.717) is 5.82 Å². The van der Waals surface area contributed by atoms with Crippen molar-refractivity contribution in [2.75, 3.05) is 0 Å². The van der Waals surface area contributed by atoms with Crippen LogP contribution >= 0.6 is 0 Å². The van der Waals surface area contributed by atoms with Crippen LogP contribution in [0, 0.1) is 0 Å². The normalized spacial score (nSPS) is 12.5. The molecule has 0 amide bonds. The summed E-state index contributed by atoms with van der Waals surface area (Å²) in [6.45, 7) is 2.95. The van der Waals surface area contributed by atoms with Crippen molar-refractivity contribution in [1.82, 2.24) is 19.3 Å². The summed E-state index contributed by atoms with van der Waals surface area (Å²) in [7, 11) is 0. The number of imidazole rings is 1. The zero-order chi connectivity index (χ0) is 14.7. The van der Waals surface area contributed by atoms with Gasteiger partial charge < -0.3 is 9.67 Å². The second kappa shape index (κ2) is 5.93. The minimum Gasteiger partial charge on any atom is -0.380 e. The highest BCUT2D eigenvalue weighted by molar-refractivity contribution is 5.32. The van der Waals surface area contributed by atoms with E-state index in [2.05, 4.69) is 17.0 Å². The first-order valence-electron chi connectivity index (χ1n) is 7.08. The molecular weight excluding hydrogens is 264 g/mol. The Balaban J connectivity index is 1.87. The van der Waals surface area contributed by atoms with Crippen molar-refractivity contribution < 1.29 is 5.11 Å². The molecule has 1 aromatic carbocycles. The van der Waals surface area contributed by atoms with Crippen molar-refractivity contribution >= 4 is 0 Å². The zero-order valence-electron chi connectivity index (χ0n) is 11.9. The fraction of sp³-hybridized carbons (Fsp3) is 0.250. The maximum atomic E-state index is 10.5. The molecule has 108 valence electrons. The van der Waals surface area contributed by atoms with Crippen molar-refractivity contribution in [2.45, 2.75) is 26.0 Å². The van der Waals surface area contributed by atoms with E-state index in [1.165, 1.54) is 0 Å². The Morgan fingerprint density at radius 2 is 2.05 bits per heavy atom. The van der Waals surface area contributed by atoms with Crippen molar-refractivity contribution in [2.24, 2.45) is 0 Å². The quantitative estimate of drug-likeness (QED) is 0.782. The van der Waals surface area contributed by atoms with E-state index in [0.717, 1.165) is 24.2 Å². The highest BCUT2D eigenvalue weighted by atomic mass is 16.3. The predicted octanol–water partition coefficient (Wildman–Crippen LogP) is 2.56. The monoisotopic (exact) mass is 282 g/mol. The Morgan fingerprint density at radius 3 is 2.81 bits per heavy atom. The van der Waals surface area contributed by atoms with Gasteiger partial charge in [-0.3, -0.25) is 0 Å². The molecule has 0 aliphatic heterocycles. The summed E-state index contributed by atoms with van der Waals surface area (Å²) < 4.78 is 3.73. The molecule has 1 atom stereocenters. The lowest BCUT2D eigenvalue weighted by atomic mass is 10.2. The maximum Gasteiger partial charge on any atom is 0.142 e. The Bertz CT molecular complexity index is 702. The van der Waals surface area contributed by atoms with E-state index in [1.807, 2.05) is 47.3 Å². The molecule has 0 radical (unpaired) electrons. The summed E-state index contributed by atoms with van der Waals surface area (Å²) in [5.41, 5.74) is 1.70. The summed E-state index contributed by atoms with van der Waals surface area (Å²) in [6, 6.07) is 9.83. The fourth-order valence-electron chi connectivity index (χ4n) is 2.35. The Labute approximate surface area is 123 Å². The topological polar surface area (TPSA) is 55.9 Å². The highest BCUT2D eigenvalue weighted by Gasteiger charge is 2.18. The molecule has 1 N–H and O–H groups in total. The van der Waals surface area contributed by atoms with Gasteiger partial charge in [0.25, 0.3) is 0 Å². The average molecular weight is 282 g/mol. The van der Waals surface area contributed by atoms with Gasteiger partial charge in [0.05, 0.1) is 11.9 Å². The van der Waals surface area contributed by atoms with Crippen LogP contribution in [0.15, 0.2) is 55.1 Å². The molecule has 5 nitrogen and oxygen atoms in total. The molecule has 1 unspecified atom stereocenters. The largest absolute Gasteiger partial charge is 0.380 e. The zero-order valence-corrected chi connectivity index (χ0v) is 11.9. The number of hydrogen-bond acceptors (Lipinski definition) is 3. The lowest BCUT2D eigenvalue weighted by Gasteiger charge is -2.11. The van der Waals surface area contributed by atoms with E-state index in [1.54, 1.807) is 17.1 Å². The lowest BCUT2D eigenvalue weighted by molar-refractivity contribution is 0.204. The molecule has 2 heterocycles. The third kappa shape index (κ3) is 2.73. The smallest absolute Gasteiger partial charge is 0.142 e. The molecule has 5 heteroatoms. The van der Waals surface area contributed by atoms with Crippen LogP contribution in [0.4, 0.5) is 0 Å². The van der Waals surface area contributed by atoms with E-state index < -0.39 is 6.10 Å². The standard InChI is InChI=1S/C16H18N4O/c1-2-9-19-10-8-17-16(19)15(21)13-11-18-20(12-13)14-6-4-3-5-7-14/h3-8,10-12,15,21H,2,9H2,1H3. The van der Waals surface area contributed by atoms with Crippen molar-refractivity contribution in [3.63, 3.8) is 0 Å². The summed E-state index contributed by atoms with van der Waals surface area (Å²) in [6.07, 6.45) is 7.37. The Kier molecular flexibility index (Phi) is 3.83. The van der Waals surface area contributed by atoms with Crippen LogP contribution in [0.5, 0.6) is 0 Å². The number of aliphatic hydroxyl groups excluding tert-OH is 1. The van der Waals surface area contributed by atoms with Crippen LogP contribution in [0.1, 0.15) is 30.8 Å². The molecule has 21 heavy (non-hydrogen) atoms. The van der Waals surface area contributed by atoms with Crippen LogP contribution in [0.3, 0.4) is 0 Å². The van der Waals surface area contributed by atoms with E-state index in [-0.39, 0.29) is 0 Å². The molecule has 3 rings (SSSR count). The second-order valence-corrected chi connectivity index (χ2v) is 4.94. The minimum atomic E-state index is -0.760. The first kappa shape index (κ1) is 13.6. The van der Waals surface area contributed by atoms with Crippen LogP contribution < -0.4 is 0 Å². The van der Waals surface area contributed by atoms with Crippen molar-refractivity contribution in [3.05, 3.63) is 66.5 Å². The predicted molar refractivity (Wildman–Crippen MR) is 80.1 cm³/mol. The molecule has 0 saturated carbocycles. The van der Waals surface area contributed by atoms with Gasteiger partial charge >= 0.3 is 0 Å². The first-order chi connectivity index (χ1) is 10.3. The summed E-state index contributed by atoms with van der Waals surface area (Å²) in [5.74, 6) is 0.657. The second-order valence-electron chi connectivity index (χ2n) is 4.94. The van der Waals surface area contributed by atoms with E-state index in [9.17, 15) is 5.11 Å². The highest BCUT2D eigenvalue weighted by Crippen LogP contribution is 2.21. The van der Waals surface area contributed by atoms with Gasteiger partial charge in [0.1, 0.15) is 11.9 Å². The fourth-order valence-corrected chi connectivity index (χ4v) is 2.35. The van der Waals surface area contributed by atoms with E-state index >= 15 is 0 Å². The summed E-state index contributed by atoms with van der Waals surface area (Å²) in [4.78, 5) is 4.27. The molecule has 0 aliphatic rings. The number of nitrogens with zero attached hydrogens (tertiary/aromatic N) is 4. The van der Waals surface area contributed by atoms with Gasteiger partial charge in [-0.05, 0) is 18.6 Å². The minimum absolute atomic E-state index is 0.657. The molecule has 0 aliphatic carbocycles. The number of rotatable bonds is 5. The summed E-state index contributed by atoms with van der Waals surface area (Å²) >= 11 is 0. The van der Waals surface area contributed by atoms with Crippen LogP contribution in [0.2, 0.25) is 0 Å². The number of aryl methyl sites for hydroxylation is 1. The molecule has 0 saturated heterocycles. The van der Waals surface area contributed by atoms with Crippen molar-refractivity contribution in [1.29, 1.82) is 0 Å². The third-order valence-corrected chi connectivity index (χ3v) is 3.40. The number of aromatic nitrogens is 4. The molecule has 0 spiro atoms. The SMILES string of the molecule is CCCn1ccnc1C(O)c1cnn(-c2ccccc2)c1. The van der Waals surface area contributed by atoms with Gasteiger partial charge in [-0.1, -0.05) is 25.1 Å². The number of hydrogen-bond donors (Lipinski definition) is 1. The van der Waals surface area contributed by atoms with Crippen LogP contribution in [0.25, 0.3) is 5.69 Å². The maximum absolute atomic E-state index is 10.5. The van der Waals surface area contributed by atoms with Gasteiger partial charge in [-0.2, -0.15) is 5.10 Å². The number of benzene rings is 1. The Morgan fingerprint density at radius 1 is 1.24 bits per heavy atom. The van der Waals surface area contributed by atoms with Gasteiger partial charge in [0.2, 0.25) is 0 Å². The number of aliphatic hydroxyl groups is 1. The van der Waals surface area contributed by atoms with Gasteiger partial charge in [-0.25, -0.2) is 9.67 Å². The molecular formula is C16H18N4O. The molecule has 0 bridgehead atoms. The van der Waals surface area contributed by atoms with Gasteiger partial charge in [-0.15, -0.1) is 0 Å². The van der Waals surface area contributed by atoms with Crippen molar-refractivity contribution in [3.8, 4) is 5.69 Å². The average Bonchev–Trinajstić information content (AvgIpc) is 3.17. The summed E-state index contributed by atoms with van der Waals surface area (Å²) in [5, 5.41) is 14.8. The first-order valence-corrected chi connectivity index (χ1v) is 7.08. The van der Waals surface area contributed by atoms with E-state index in [4.69, 9.17) is 0 Å². The van der Waals surface area contributed by atoms with Crippen LogP contribution in [-0.4, -0.2) is 24.4 Å². The number of para-hydroxylation sites is 1. The Hall–Kier alpha value is -2.40.